The van der Waals surface area contributed by atoms with Gasteiger partial charge in [0.2, 0.25) is 5.91 Å². The molecule has 1 amide bonds. The molecule has 0 saturated carbocycles. The van der Waals surface area contributed by atoms with E-state index in [-0.39, 0.29) is 33.5 Å². The number of carbonyl (C=O) groups is 1. The number of aromatic nitrogens is 8. The molecule has 1 aliphatic rings. The van der Waals surface area contributed by atoms with Crippen molar-refractivity contribution in [1.29, 1.82) is 0 Å². The molecule has 0 saturated heterocycles. The third-order valence-corrected chi connectivity index (χ3v) is 7.47. The van der Waals surface area contributed by atoms with Crippen LogP contribution >= 0.6 is 23.2 Å². The van der Waals surface area contributed by atoms with E-state index in [0.29, 0.717) is 22.6 Å². The smallest absolute Gasteiger partial charge is 0.254 e. The van der Waals surface area contributed by atoms with Crippen molar-refractivity contribution in [3.63, 3.8) is 0 Å². The summed E-state index contributed by atoms with van der Waals surface area (Å²) in [5.41, 5.74) is 1.69. The Morgan fingerprint density at radius 2 is 2.00 bits per heavy atom. The Kier molecular flexibility index (Phi) is 6.69. The number of pyridine rings is 1. The molecule has 6 rings (SSSR count). The van der Waals surface area contributed by atoms with E-state index >= 15 is 4.39 Å². The number of halogens is 3. The molecule has 0 radical (unpaired) electrons. The Morgan fingerprint density at radius 3 is 2.76 bits per heavy atom. The largest absolute Gasteiger partial charge is 0.323 e. The Hall–Kier alpha value is -4.42. The number of hydrogen-bond donors (Lipinski definition) is 1. The van der Waals surface area contributed by atoms with E-state index < -0.39 is 42.0 Å². The number of amides is 1. The summed E-state index contributed by atoms with van der Waals surface area (Å²) >= 11 is 12.0. The lowest BCUT2D eigenvalue weighted by atomic mass is 9.97. The fourth-order valence-electron chi connectivity index (χ4n) is 4.89. The highest BCUT2D eigenvalue weighted by Gasteiger charge is 2.25. The van der Waals surface area contributed by atoms with Crippen molar-refractivity contribution < 1.29 is 11.9 Å². The van der Waals surface area contributed by atoms with E-state index in [0.717, 1.165) is 6.07 Å². The highest BCUT2D eigenvalue weighted by atomic mass is 35.5. The van der Waals surface area contributed by atoms with Crippen molar-refractivity contribution >= 4 is 34.8 Å². The zero-order chi connectivity index (χ0) is 31.3. The standard InChI is InChI=1S/C28H24Cl2FN9O2/c1-15-4-3-5-21(18-10-16(8-9-32-18)27-20(35-28(15)42)12-34-38(27)2)39-14-33-19(11-24(39)41)25-22(7-6-17(29)26(25)31)40-13-23(30)36-37-40/h6-15,21H,3-5H2,1-2H3,(H,35,42)/t15-,21+/m1/s1/i3D,4D/t3?,4?,15-,21+. The topological polar surface area (TPSA) is 125 Å². The summed E-state index contributed by atoms with van der Waals surface area (Å²) in [6.45, 7) is 1.59. The molecule has 1 aromatic carbocycles. The molecule has 42 heavy (non-hydrogen) atoms. The summed E-state index contributed by atoms with van der Waals surface area (Å²) in [6.07, 6.45) is 3.46. The first-order valence-corrected chi connectivity index (χ1v) is 13.6. The number of nitrogens with zero attached hydrogens (tertiary/aromatic N) is 8. The summed E-state index contributed by atoms with van der Waals surface area (Å²) in [5, 5.41) is 14.6. The first-order chi connectivity index (χ1) is 21.0. The van der Waals surface area contributed by atoms with Gasteiger partial charge < -0.3 is 5.32 Å². The molecular formula is C28H24Cl2FN9O2. The van der Waals surface area contributed by atoms with Gasteiger partial charge in [0.15, 0.2) is 11.0 Å². The summed E-state index contributed by atoms with van der Waals surface area (Å²) in [6, 6.07) is 6.66. The zero-order valence-corrected chi connectivity index (χ0v) is 23.8. The van der Waals surface area contributed by atoms with Crippen LogP contribution in [0.5, 0.6) is 0 Å². The van der Waals surface area contributed by atoms with Crippen LogP contribution in [0, 0.1) is 11.7 Å². The van der Waals surface area contributed by atoms with Crippen LogP contribution in [-0.2, 0) is 11.8 Å². The van der Waals surface area contributed by atoms with Crippen molar-refractivity contribution in [3.8, 4) is 28.2 Å². The molecule has 0 aliphatic carbocycles. The summed E-state index contributed by atoms with van der Waals surface area (Å²) in [4.78, 5) is 35.7. The number of aryl methyl sites for hydroxylation is 1. The molecule has 0 fully saturated rings. The Morgan fingerprint density at radius 1 is 1.17 bits per heavy atom. The van der Waals surface area contributed by atoms with Gasteiger partial charge in [0, 0.05) is 33.5 Å². The minimum Gasteiger partial charge on any atom is -0.323 e. The van der Waals surface area contributed by atoms with Crippen LogP contribution in [0.3, 0.4) is 0 Å². The second kappa shape index (κ2) is 11.1. The number of nitrogens with one attached hydrogen (secondary N) is 1. The molecule has 5 heterocycles. The van der Waals surface area contributed by atoms with Crippen LogP contribution in [0.1, 0.15) is 40.6 Å². The highest BCUT2D eigenvalue weighted by Crippen LogP contribution is 2.34. The van der Waals surface area contributed by atoms with Gasteiger partial charge in [-0.05, 0) is 37.1 Å². The van der Waals surface area contributed by atoms with Crippen LogP contribution in [0.15, 0.2) is 60.0 Å². The molecule has 4 aromatic heterocycles. The van der Waals surface area contributed by atoms with E-state index in [1.54, 1.807) is 37.0 Å². The fourth-order valence-corrected chi connectivity index (χ4v) is 5.17. The molecule has 2 bridgehead atoms. The van der Waals surface area contributed by atoms with Gasteiger partial charge in [0.25, 0.3) is 5.56 Å². The van der Waals surface area contributed by atoms with Crippen LogP contribution in [0.2, 0.25) is 10.2 Å². The van der Waals surface area contributed by atoms with E-state index in [4.69, 9.17) is 25.9 Å². The second-order valence-corrected chi connectivity index (χ2v) is 10.5. The maximum atomic E-state index is 15.4. The van der Waals surface area contributed by atoms with E-state index in [9.17, 15) is 9.59 Å². The van der Waals surface area contributed by atoms with Crippen LogP contribution in [-0.4, -0.2) is 45.2 Å². The van der Waals surface area contributed by atoms with Crippen LogP contribution < -0.4 is 10.9 Å². The Labute approximate surface area is 251 Å². The second-order valence-electron chi connectivity index (χ2n) is 9.72. The van der Waals surface area contributed by atoms with Crippen molar-refractivity contribution in [3.05, 3.63) is 87.3 Å². The van der Waals surface area contributed by atoms with Gasteiger partial charge in [-0.1, -0.05) is 41.7 Å². The van der Waals surface area contributed by atoms with Crippen LogP contribution in [0.25, 0.3) is 28.2 Å². The van der Waals surface area contributed by atoms with Gasteiger partial charge in [0.1, 0.15) is 0 Å². The van der Waals surface area contributed by atoms with Crippen LogP contribution in [0.4, 0.5) is 10.1 Å². The maximum Gasteiger partial charge on any atom is 0.254 e. The third kappa shape index (κ3) is 5.07. The summed E-state index contributed by atoms with van der Waals surface area (Å²) in [5.74, 6) is -2.08. The fraction of sp³-hybridized carbons (Fsp3) is 0.250. The SMILES string of the molecule is [2H]C1C[C@H](n2cnc(-c3c(-n4cc(Cl)nn4)ccc(Cl)c3F)cc2=O)c2cc(ccn2)-c2c(cnn2C)NC(=O)[C@H](C)C1[2H]. The molecule has 14 heteroatoms. The quantitative estimate of drug-likeness (QED) is 0.302. The molecule has 0 spiro atoms. The van der Waals surface area contributed by atoms with Gasteiger partial charge >= 0.3 is 0 Å². The monoisotopic (exact) mass is 609 g/mol. The molecule has 2 unspecified atom stereocenters. The predicted octanol–water partition coefficient (Wildman–Crippen LogP) is 5.08. The average Bonchev–Trinajstić information content (AvgIpc) is 3.60. The normalized spacial score (nSPS) is 21.4. The maximum absolute atomic E-state index is 15.4. The Balaban J connectivity index is 1.49. The number of benzene rings is 1. The first kappa shape index (κ1) is 25.3. The van der Waals surface area contributed by atoms with E-state index in [1.165, 1.54) is 40.1 Å². The first-order valence-electron chi connectivity index (χ1n) is 14.0. The molecule has 1 aliphatic heterocycles. The lowest BCUT2D eigenvalue weighted by molar-refractivity contribution is -0.119. The van der Waals surface area contributed by atoms with Gasteiger partial charge in [-0.3, -0.25) is 23.8 Å². The molecule has 214 valence electrons. The van der Waals surface area contributed by atoms with Crippen molar-refractivity contribution in [2.75, 3.05) is 5.32 Å². The molecule has 1 N–H and O–H groups in total. The molecule has 4 atom stereocenters. The lowest BCUT2D eigenvalue weighted by Gasteiger charge is -2.22. The number of hydrogen-bond acceptors (Lipinski definition) is 7. The van der Waals surface area contributed by atoms with Crippen molar-refractivity contribution in [1.82, 2.24) is 39.3 Å². The van der Waals surface area contributed by atoms with Gasteiger partial charge in [-0.25, -0.2) is 14.1 Å². The molecule has 5 aromatic rings. The minimum atomic E-state index is -1.12. The number of rotatable bonds is 3. The molecule has 11 nitrogen and oxygen atoms in total. The number of carbonyl (C=O) groups excluding carboxylic acids is 1. The zero-order valence-electron chi connectivity index (χ0n) is 24.2. The average molecular weight is 610 g/mol. The minimum absolute atomic E-state index is 0.0200. The molecular weight excluding hydrogens is 584 g/mol. The van der Waals surface area contributed by atoms with E-state index in [2.05, 4.69) is 30.7 Å². The van der Waals surface area contributed by atoms with Gasteiger partial charge in [-0.2, -0.15) is 5.10 Å². The summed E-state index contributed by atoms with van der Waals surface area (Å²) < 4.78 is 37.1. The third-order valence-electron chi connectivity index (χ3n) is 7.00. The lowest BCUT2D eigenvalue weighted by Crippen LogP contribution is -2.27. The highest BCUT2D eigenvalue weighted by molar-refractivity contribution is 6.31. The van der Waals surface area contributed by atoms with Gasteiger partial charge in [0.05, 0.1) is 63.8 Å². The van der Waals surface area contributed by atoms with Crippen molar-refractivity contribution in [2.45, 2.75) is 32.2 Å². The van der Waals surface area contributed by atoms with E-state index in [1.807, 2.05) is 0 Å². The summed E-state index contributed by atoms with van der Waals surface area (Å²) in [7, 11) is 1.73. The number of anilines is 1. The number of fused-ring (bicyclic) bond motifs is 4. The van der Waals surface area contributed by atoms with Gasteiger partial charge in [-0.15, -0.1) is 5.10 Å². The predicted molar refractivity (Wildman–Crippen MR) is 155 cm³/mol. The Bertz CT molecular complexity index is 1960. The van der Waals surface area contributed by atoms with Crippen molar-refractivity contribution in [2.24, 2.45) is 13.0 Å².